The van der Waals surface area contributed by atoms with Crippen LogP contribution in [-0.2, 0) is 10.0 Å². The van der Waals surface area contributed by atoms with Gasteiger partial charge in [0.1, 0.15) is 13.2 Å². The van der Waals surface area contributed by atoms with Gasteiger partial charge in [0.15, 0.2) is 11.5 Å². The number of nitrogens with zero attached hydrogens (tertiary/aromatic N) is 3. The van der Waals surface area contributed by atoms with E-state index in [1.807, 2.05) is 19.1 Å². The van der Waals surface area contributed by atoms with Crippen molar-refractivity contribution in [1.29, 1.82) is 0 Å². The van der Waals surface area contributed by atoms with Gasteiger partial charge in [-0.2, -0.15) is 4.31 Å². The minimum Gasteiger partial charge on any atom is -0.486 e. The number of sulfonamides is 1. The molecule has 0 aliphatic carbocycles. The van der Waals surface area contributed by atoms with Crippen LogP contribution in [0, 0.1) is 6.92 Å². The summed E-state index contributed by atoms with van der Waals surface area (Å²) in [4.78, 5) is 2.29. The number of rotatable bonds is 4. The van der Waals surface area contributed by atoms with Crippen molar-refractivity contribution in [1.82, 2.24) is 14.5 Å². The summed E-state index contributed by atoms with van der Waals surface area (Å²) in [5, 5.41) is 8.37. The average molecular weight is 448 g/mol. The van der Waals surface area contributed by atoms with E-state index in [-0.39, 0.29) is 10.8 Å². The molecule has 1 saturated heterocycles. The fourth-order valence-corrected chi connectivity index (χ4v) is 6.07. The quantitative estimate of drug-likeness (QED) is 0.604. The third kappa shape index (κ3) is 3.59. The second-order valence-corrected chi connectivity index (χ2v) is 10.6. The maximum atomic E-state index is 13.2. The number of hydrogen-bond acceptors (Lipinski definition) is 8. The first-order valence-corrected chi connectivity index (χ1v) is 12.1. The molecule has 1 atom stereocenters. The molecule has 3 aromatic rings. The van der Waals surface area contributed by atoms with Gasteiger partial charge in [0, 0.05) is 24.0 Å². The average Bonchev–Trinajstić information content (AvgIpc) is 3.43. The molecular formula is C20H21N3O5S2. The molecule has 1 aromatic carbocycles. The fraction of sp³-hybridized carbons (Fsp3) is 0.400. The highest BCUT2D eigenvalue weighted by molar-refractivity contribution is 7.89. The highest BCUT2D eigenvalue weighted by atomic mass is 32.2. The normalized spacial score (nSPS) is 19.7. The Balaban J connectivity index is 1.37. The fourth-order valence-electron chi connectivity index (χ4n) is 3.74. The molecular weight excluding hydrogens is 426 g/mol. The Morgan fingerprint density at radius 2 is 1.93 bits per heavy atom. The first kappa shape index (κ1) is 19.5. The lowest BCUT2D eigenvalue weighted by atomic mass is 10.00. The van der Waals surface area contributed by atoms with Gasteiger partial charge in [-0.25, -0.2) is 8.42 Å². The van der Waals surface area contributed by atoms with Crippen LogP contribution >= 0.6 is 11.3 Å². The summed E-state index contributed by atoms with van der Waals surface area (Å²) in [6, 6.07) is 8.72. The smallest absolute Gasteiger partial charge is 0.257 e. The number of piperidine rings is 1. The van der Waals surface area contributed by atoms with Crippen molar-refractivity contribution in [2.45, 2.75) is 30.6 Å². The summed E-state index contributed by atoms with van der Waals surface area (Å²) in [5.74, 6) is 1.86. The van der Waals surface area contributed by atoms with Crippen molar-refractivity contribution >= 4 is 21.4 Å². The van der Waals surface area contributed by atoms with Crippen LogP contribution in [0.3, 0.4) is 0 Å². The van der Waals surface area contributed by atoms with Crippen LogP contribution < -0.4 is 9.47 Å². The molecule has 0 spiro atoms. The summed E-state index contributed by atoms with van der Waals surface area (Å²) in [6.07, 6.45) is 1.53. The molecule has 30 heavy (non-hydrogen) atoms. The van der Waals surface area contributed by atoms with Gasteiger partial charge in [0.25, 0.3) is 5.89 Å². The van der Waals surface area contributed by atoms with E-state index in [1.165, 1.54) is 15.2 Å². The van der Waals surface area contributed by atoms with Crippen molar-refractivity contribution in [3.63, 3.8) is 0 Å². The van der Waals surface area contributed by atoms with E-state index in [2.05, 4.69) is 10.2 Å². The second kappa shape index (κ2) is 7.68. The first-order chi connectivity index (χ1) is 14.5. The summed E-state index contributed by atoms with van der Waals surface area (Å²) < 4.78 is 44.9. The highest BCUT2D eigenvalue weighted by Gasteiger charge is 2.34. The molecule has 2 aliphatic rings. The predicted octanol–water partition coefficient (Wildman–Crippen LogP) is 3.45. The van der Waals surface area contributed by atoms with Crippen molar-refractivity contribution < 1.29 is 22.3 Å². The molecule has 0 unspecified atom stereocenters. The van der Waals surface area contributed by atoms with Crippen LogP contribution in [0.4, 0.5) is 0 Å². The number of ether oxygens (including phenoxy) is 2. The van der Waals surface area contributed by atoms with Gasteiger partial charge in [0.2, 0.25) is 15.9 Å². The number of aryl methyl sites for hydroxylation is 1. The van der Waals surface area contributed by atoms with Crippen LogP contribution in [0.1, 0.15) is 29.5 Å². The van der Waals surface area contributed by atoms with Gasteiger partial charge in [0.05, 0.1) is 15.7 Å². The van der Waals surface area contributed by atoms with Crippen LogP contribution in [-0.4, -0.2) is 49.2 Å². The zero-order valence-corrected chi connectivity index (χ0v) is 18.0. The largest absolute Gasteiger partial charge is 0.486 e. The standard InChI is InChI=1S/C20H21N3O5S2/c1-13-4-7-18(29-13)20-22-21-19(28-20)14-3-2-8-23(12-14)30(24,25)15-5-6-16-17(11-15)27-10-9-26-16/h4-7,11,14H,2-3,8-10,12H2,1H3/t14-/m0/s1. The zero-order valence-electron chi connectivity index (χ0n) is 16.4. The molecule has 158 valence electrons. The topological polar surface area (TPSA) is 94.8 Å². The third-order valence-corrected chi connectivity index (χ3v) is 8.13. The molecule has 2 aliphatic heterocycles. The third-order valence-electron chi connectivity index (χ3n) is 5.28. The summed E-state index contributed by atoms with van der Waals surface area (Å²) >= 11 is 1.59. The molecule has 4 heterocycles. The molecule has 0 amide bonds. The zero-order chi connectivity index (χ0) is 20.7. The lowest BCUT2D eigenvalue weighted by Crippen LogP contribution is -2.39. The van der Waals surface area contributed by atoms with Gasteiger partial charge >= 0.3 is 0 Å². The number of hydrogen-bond donors (Lipinski definition) is 0. The Kier molecular flexibility index (Phi) is 5.00. The predicted molar refractivity (Wildman–Crippen MR) is 111 cm³/mol. The number of thiophene rings is 1. The van der Waals surface area contributed by atoms with E-state index in [0.29, 0.717) is 49.6 Å². The Morgan fingerprint density at radius 3 is 2.73 bits per heavy atom. The van der Waals surface area contributed by atoms with Crippen molar-refractivity contribution in [3.05, 3.63) is 41.1 Å². The van der Waals surface area contributed by atoms with Crippen LogP contribution in [0.5, 0.6) is 11.5 Å². The minimum atomic E-state index is -3.67. The first-order valence-electron chi connectivity index (χ1n) is 9.81. The number of benzene rings is 1. The molecule has 0 saturated carbocycles. The van der Waals surface area contributed by atoms with Crippen molar-refractivity contribution in [3.8, 4) is 22.3 Å². The minimum absolute atomic E-state index is 0.131. The van der Waals surface area contributed by atoms with E-state index in [9.17, 15) is 8.42 Å². The Hall–Kier alpha value is -2.43. The second-order valence-electron chi connectivity index (χ2n) is 7.36. The van der Waals surface area contributed by atoms with Gasteiger partial charge in [-0.3, -0.25) is 0 Å². The summed E-state index contributed by atoms with van der Waals surface area (Å²) in [5.41, 5.74) is 0. The van der Waals surface area contributed by atoms with E-state index in [0.717, 1.165) is 17.7 Å². The van der Waals surface area contributed by atoms with Crippen LogP contribution in [0.15, 0.2) is 39.6 Å². The monoisotopic (exact) mass is 447 g/mol. The lowest BCUT2D eigenvalue weighted by molar-refractivity contribution is 0.171. The molecule has 0 radical (unpaired) electrons. The van der Waals surface area contributed by atoms with E-state index < -0.39 is 10.0 Å². The molecule has 1 fully saturated rings. The SMILES string of the molecule is Cc1ccc(-c2nnc([C@H]3CCCN(S(=O)(=O)c4ccc5c(c4)OCCO5)C3)o2)s1. The van der Waals surface area contributed by atoms with Crippen molar-refractivity contribution in [2.24, 2.45) is 0 Å². The maximum Gasteiger partial charge on any atom is 0.257 e. The van der Waals surface area contributed by atoms with E-state index in [1.54, 1.807) is 23.5 Å². The van der Waals surface area contributed by atoms with E-state index in [4.69, 9.17) is 13.9 Å². The molecule has 0 N–H and O–H groups in total. The van der Waals surface area contributed by atoms with E-state index >= 15 is 0 Å². The summed E-state index contributed by atoms with van der Waals surface area (Å²) in [6.45, 7) is 3.66. The van der Waals surface area contributed by atoms with Crippen LogP contribution in [0.25, 0.3) is 10.8 Å². The molecule has 8 nitrogen and oxygen atoms in total. The van der Waals surface area contributed by atoms with Crippen LogP contribution in [0.2, 0.25) is 0 Å². The Labute approximate surface area is 178 Å². The summed E-state index contributed by atoms with van der Waals surface area (Å²) in [7, 11) is -3.67. The molecule has 2 aromatic heterocycles. The molecule has 10 heteroatoms. The Bertz CT molecular complexity index is 1170. The van der Waals surface area contributed by atoms with Gasteiger partial charge in [-0.1, -0.05) is 0 Å². The lowest BCUT2D eigenvalue weighted by Gasteiger charge is -2.30. The molecule has 0 bridgehead atoms. The highest BCUT2D eigenvalue weighted by Crippen LogP contribution is 2.36. The number of aromatic nitrogens is 2. The van der Waals surface area contributed by atoms with Crippen molar-refractivity contribution in [2.75, 3.05) is 26.3 Å². The van der Waals surface area contributed by atoms with Gasteiger partial charge in [-0.15, -0.1) is 21.5 Å². The maximum absolute atomic E-state index is 13.2. The van der Waals surface area contributed by atoms with Gasteiger partial charge in [-0.05, 0) is 44.0 Å². The molecule has 5 rings (SSSR count). The van der Waals surface area contributed by atoms with Gasteiger partial charge < -0.3 is 13.9 Å². The number of fused-ring (bicyclic) bond motifs is 1. The Morgan fingerprint density at radius 1 is 1.10 bits per heavy atom.